The molecule has 1 heterocycles. The van der Waals surface area contributed by atoms with Gasteiger partial charge in [-0.1, -0.05) is 31.6 Å². The van der Waals surface area contributed by atoms with Crippen LogP contribution in [0.1, 0.15) is 49.8 Å². The summed E-state index contributed by atoms with van der Waals surface area (Å²) in [5.74, 6) is -0.565. The number of carbonyl (C=O) groups is 2. The van der Waals surface area contributed by atoms with Gasteiger partial charge in [-0.05, 0) is 43.4 Å². The summed E-state index contributed by atoms with van der Waals surface area (Å²) >= 11 is 0. The molecule has 1 saturated heterocycles. The first-order valence-electron chi connectivity index (χ1n) is 9.67. The molecule has 0 aliphatic carbocycles. The molecule has 1 fully saturated rings. The molecule has 1 aliphatic rings. The van der Waals surface area contributed by atoms with Gasteiger partial charge in [-0.3, -0.25) is 4.79 Å². The average molecular weight is 375 g/mol. The van der Waals surface area contributed by atoms with Crippen molar-refractivity contribution in [3.05, 3.63) is 47.8 Å². The predicted molar refractivity (Wildman–Crippen MR) is 105 cm³/mol. The van der Waals surface area contributed by atoms with E-state index in [-0.39, 0.29) is 29.7 Å². The fourth-order valence-electron chi connectivity index (χ4n) is 3.42. The zero-order valence-electron chi connectivity index (χ0n) is 16.3. The Bertz CT molecular complexity index is 677. The Hall–Kier alpha value is -2.37. The van der Waals surface area contributed by atoms with Crippen LogP contribution in [0.4, 0.5) is 9.18 Å². The molecule has 1 aromatic carbocycles. The van der Waals surface area contributed by atoms with Gasteiger partial charge in [0, 0.05) is 19.6 Å². The molecular weight excluding hydrogens is 345 g/mol. The van der Waals surface area contributed by atoms with Crippen LogP contribution in [0.25, 0.3) is 0 Å². The second kappa shape index (κ2) is 10.1. The molecule has 5 nitrogen and oxygen atoms in total. The van der Waals surface area contributed by atoms with Crippen molar-refractivity contribution < 1.29 is 14.0 Å². The fourth-order valence-corrected chi connectivity index (χ4v) is 3.42. The van der Waals surface area contributed by atoms with Gasteiger partial charge in [0.15, 0.2) is 0 Å². The standard InChI is InChI=1S/C21H30FN3O2/c1-4-6-12-24-21(27)25-14-17(20(26)23-11-5-2)8-10-19(25)16-7-9-18(22)15(3)13-16/h5,7,9,13,17,19H,2,4,6,8,10-12,14H2,1,3H3,(H,23,26)(H,24,27). The molecule has 0 radical (unpaired) electrons. The van der Waals surface area contributed by atoms with Gasteiger partial charge in [0.1, 0.15) is 5.82 Å². The Balaban J connectivity index is 2.18. The number of urea groups is 1. The van der Waals surface area contributed by atoms with E-state index in [4.69, 9.17) is 0 Å². The first kappa shape index (κ1) is 20.9. The van der Waals surface area contributed by atoms with Crippen molar-refractivity contribution in [3.8, 4) is 0 Å². The third-order valence-electron chi connectivity index (χ3n) is 5.01. The summed E-state index contributed by atoms with van der Waals surface area (Å²) in [6, 6.07) is 4.65. The molecule has 2 rings (SSSR count). The van der Waals surface area contributed by atoms with Crippen LogP contribution in [-0.4, -0.2) is 36.5 Å². The van der Waals surface area contributed by atoms with Crippen LogP contribution in [0.3, 0.4) is 0 Å². The molecule has 0 aromatic heterocycles. The largest absolute Gasteiger partial charge is 0.352 e. The van der Waals surface area contributed by atoms with Crippen molar-refractivity contribution in [3.63, 3.8) is 0 Å². The molecule has 1 aromatic rings. The lowest BCUT2D eigenvalue weighted by Gasteiger charge is -2.39. The number of hydrogen-bond acceptors (Lipinski definition) is 2. The zero-order valence-corrected chi connectivity index (χ0v) is 16.3. The van der Waals surface area contributed by atoms with Crippen LogP contribution in [-0.2, 0) is 4.79 Å². The molecule has 0 bridgehead atoms. The van der Waals surface area contributed by atoms with E-state index in [0.717, 1.165) is 18.4 Å². The van der Waals surface area contributed by atoms with E-state index in [1.54, 1.807) is 30.0 Å². The van der Waals surface area contributed by atoms with Crippen LogP contribution in [0.5, 0.6) is 0 Å². The molecular formula is C21H30FN3O2. The number of amides is 3. The van der Waals surface area contributed by atoms with Crippen LogP contribution < -0.4 is 10.6 Å². The topological polar surface area (TPSA) is 61.4 Å². The molecule has 27 heavy (non-hydrogen) atoms. The van der Waals surface area contributed by atoms with Gasteiger partial charge in [0.2, 0.25) is 5.91 Å². The number of halogens is 1. The van der Waals surface area contributed by atoms with E-state index in [1.807, 2.05) is 0 Å². The monoisotopic (exact) mass is 375 g/mol. The third-order valence-corrected chi connectivity index (χ3v) is 5.01. The smallest absolute Gasteiger partial charge is 0.317 e. The number of unbranched alkanes of at least 4 members (excludes halogenated alkanes) is 1. The highest BCUT2D eigenvalue weighted by Gasteiger charge is 2.35. The Morgan fingerprint density at radius 3 is 2.78 bits per heavy atom. The second-order valence-corrected chi connectivity index (χ2v) is 7.07. The highest BCUT2D eigenvalue weighted by atomic mass is 19.1. The van der Waals surface area contributed by atoms with Crippen molar-refractivity contribution in [1.29, 1.82) is 0 Å². The van der Waals surface area contributed by atoms with Gasteiger partial charge < -0.3 is 15.5 Å². The number of nitrogens with zero attached hydrogens (tertiary/aromatic N) is 1. The molecule has 148 valence electrons. The molecule has 0 saturated carbocycles. The van der Waals surface area contributed by atoms with Crippen LogP contribution in [0.15, 0.2) is 30.9 Å². The number of hydrogen-bond donors (Lipinski definition) is 2. The van der Waals surface area contributed by atoms with Gasteiger partial charge in [0.25, 0.3) is 0 Å². The van der Waals surface area contributed by atoms with Gasteiger partial charge in [0.05, 0.1) is 12.0 Å². The van der Waals surface area contributed by atoms with Crippen LogP contribution in [0.2, 0.25) is 0 Å². The number of likely N-dealkylation sites (tertiary alicyclic amines) is 1. The van der Waals surface area contributed by atoms with Crippen molar-refractivity contribution >= 4 is 11.9 Å². The summed E-state index contributed by atoms with van der Waals surface area (Å²) in [5, 5.41) is 5.77. The van der Waals surface area contributed by atoms with Crippen molar-refractivity contribution in [2.75, 3.05) is 19.6 Å². The lowest BCUT2D eigenvalue weighted by atomic mass is 9.88. The van der Waals surface area contributed by atoms with E-state index < -0.39 is 0 Å². The van der Waals surface area contributed by atoms with Gasteiger partial charge >= 0.3 is 6.03 Å². The van der Waals surface area contributed by atoms with Crippen molar-refractivity contribution in [1.82, 2.24) is 15.5 Å². The number of carbonyl (C=O) groups excluding carboxylic acids is 2. The Morgan fingerprint density at radius 1 is 1.33 bits per heavy atom. The van der Waals surface area contributed by atoms with Crippen molar-refractivity contribution in [2.24, 2.45) is 5.92 Å². The lowest BCUT2D eigenvalue weighted by Crippen LogP contribution is -2.50. The van der Waals surface area contributed by atoms with E-state index >= 15 is 0 Å². The molecule has 0 spiro atoms. The van der Waals surface area contributed by atoms with Crippen LogP contribution in [0, 0.1) is 18.7 Å². The second-order valence-electron chi connectivity index (χ2n) is 7.07. The summed E-state index contributed by atoms with van der Waals surface area (Å²) in [7, 11) is 0. The number of nitrogens with one attached hydrogen (secondary N) is 2. The van der Waals surface area contributed by atoms with Gasteiger partial charge in [-0.25, -0.2) is 9.18 Å². The fraction of sp³-hybridized carbons (Fsp3) is 0.524. The maximum absolute atomic E-state index is 13.7. The summed E-state index contributed by atoms with van der Waals surface area (Å²) < 4.78 is 13.7. The lowest BCUT2D eigenvalue weighted by molar-refractivity contribution is -0.126. The first-order chi connectivity index (χ1) is 13.0. The number of benzene rings is 1. The van der Waals surface area contributed by atoms with Gasteiger partial charge in [-0.2, -0.15) is 0 Å². The molecule has 3 amide bonds. The third kappa shape index (κ3) is 5.55. The van der Waals surface area contributed by atoms with E-state index in [9.17, 15) is 14.0 Å². The number of aryl methyl sites for hydroxylation is 1. The van der Waals surface area contributed by atoms with Gasteiger partial charge in [-0.15, -0.1) is 6.58 Å². The summed E-state index contributed by atoms with van der Waals surface area (Å²) in [5.41, 5.74) is 1.47. The van der Waals surface area contributed by atoms with Crippen molar-refractivity contribution in [2.45, 2.75) is 45.6 Å². The highest BCUT2D eigenvalue weighted by molar-refractivity contribution is 5.81. The Kier molecular flexibility index (Phi) is 7.82. The molecule has 1 aliphatic heterocycles. The molecule has 6 heteroatoms. The molecule has 2 atom stereocenters. The quantitative estimate of drug-likeness (QED) is 0.564. The molecule has 2 N–H and O–H groups in total. The summed E-state index contributed by atoms with van der Waals surface area (Å²) in [6.07, 6.45) is 4.89. The number of rotatable bonds is 7. The zero-order chi connectivity index (χ0) is 19.8. The first-order valence-corrected chi connectivity index (χ1v) is 9.67. The Labute approximate surface area is 161 Å². The van der Waals surface area contributed by atoms with Crippen LogP contribution >= 0.6 is 0 Å². The summed E-state index contributed by atoms with van der Waals surface area (Å²) in [6.45, 7) is 8.77. The Morgan fingerprint density at radius 2 is 2.11 bits per heavy atom. The maximum atomic E-state index is 13.7. The minimum atomic E-state index is -0.254. The molecule has 2 unspecified atom stereocenters. The minimum Gasteiger partial charge on any atom is -0.352 e. The SMILES string of the molecule is C=CCNC(=O)C1CCC(c2ccc(F)c(C)c2)N(C(=O)NCCCC)C1. The summed E-state index contributed by atoms with van der Waals surface area (Å²) in [4.78, 5) is 26.9. The predicted octanol–water partition coefficient (Wildman–Crippen LogP) is 3.70. The van der Waals surface area contributed by atoms with E-state index in [2.05, 4.69) is 24.1 Å². The highest BCUT2D eigenvalue weighted by Crippen LogP contribution is 2.34. The maximum Gasteiger partial charge on any atom is 0.317 e. The minimum absolute atomic E-state index is 0.0602. The van der Waals surface area contributed by atoms with E-state index in [0.29, 0.717) is 38.0 Å². The van der Waals surface area contributed by atoms with E-state index in [1.165, 1.54) is 6.07 Å². The average Bonchev–Trinajstić information content (AvgIpc) is 2.68. The number of piperidine rings is 1. The normalized spacial score (nSPS) is 19.4.